The van der Waals surface area contributed by atoms with Crippen LogP contribution in [-0.2, 0) is 14.3 Å². The van der Waals surface area contributed by atoms with E-state index in [0.717, 1.165) is 25.7 Å². The van der Waals surface area contributed by atoms with Crippen molar-refractivity contribution < 1.29 is 18.7 Å². The Morgan fingerprint density at radius 3 is 2.28 bits per heavy atom. The van der Waals surface area contributed by atoms with Crippen molar-refractivity contribution in [1.82, 2.24) is 0 Å². The van der Waals surface area contributed by atoms with Crippen molar-refractivity contribution in [3.63, 3.8) is 0 Å². The quantitative estimate of drug-likeness (QED) is 0.560. The van der Waals surface area contributed by atoms with Crippen LogP contribution >= 0.6 is 0 Å². The van der Waals surface area contributed by atoms with Crippen LogP contribution in [0.15, 0.2) is 0 Å². The van der Waals surface area contributed by atoms with Gasteiger partial charge in [0.2, 0.25) is 0 Å². The molecule has 1 atom stereocenters. The zero-order chi connectivity index (χ0) is 13.8. The van der Waals surface area contributed by atoms with E-state index in [4.69, 9.17) is 4.74 Å². The number of hydrogen-bond acceptors (Lipinski definition) is 3. The van der Waals surface area contributed by atoms with E-state index in [1.165, 1.54) is 0 Å². The van der Waals surface area contributed by atoms with E-state index in [9.17, 15) is 14.0 Å². The highest BCUT2D eigenvalue weighted by Crippen LogP contribution is 2.32. The second-order valence-corrected chi connectivity index (χ2v) is 6.18. The fourth-order valence-corrected chi connectivity index (χ4v) is 2.49. The summed E-state index contributed by atoms with van der Waals surface area (Å²) in [6.45, 7) is 5.27. The van der Waals surface area contributed by atoms with Crippen molar-refractivity contribution in [2.45, 2.75) is 64.9 Å². The Morgan fingerprint density at radius 1 is 1.28 bits per heavy atom. The molecule has 3 nitrogen and oxygen atoms in total. The Morgan fingerprint density at radius 2 is 1.83 bits per heavy atom. The van der Waals surface area contributed by atoms with Crippen LogP contribution in [0.25, 0.3) is 0 Å². The van der Waals surface area contributed by atoms with Gasteiger partial charge in [-0.25, -0.2) is 0 Å². The first-order valence-corrected chi connectivity index (χ1v) is 6.69. The normalized spacial score (nSPS) is 18.7. The van der Waals surface area contributed by atoms with Crippen LogP contribution in [0.3, 0.4) is 0 Å². The minimum atomic E-state index is -1.38. The van der Waals surface area contributed by atoms with E-state index in [2.05, 4.69) is 0 Å². The van der Waals surface area contributed by atoms with E-state index in [-0.39, 0.29) is 6.42 Å². The molecule has 1 aliphatic carbocycles. The minimum Gasteiger partial charge on any atom is -0.460 e. The Kier molecular flexibility index (Phi) is 5.29. The predicted molar refractivity (Wildman–Crippen MR) is 66.6 cm³/mol. The van der Waals surface area contributed by atoms with Crippen LogP contribution < -0.4 is 0 Å². The molecule has 0 heterocycles. The molecule has 0 bridgehead atoms. The number of hydrogen-bond donors (Lipinski definition) is 0. The molecular formula is C14H23FO3. The number of esters is 1. The molecule has 0 aromatic rings. The number of rotatable bonds is 5. The van der Waals surface area contributed by atoms with E-state index in [0.29, 0.717) is 12.3 Å². The van der Waals surface area contributed by atoms with Gasteiger partial charge in [-0.15, -0.1) is 0 Å². The molecule has 1 aliphatic rings. The van der Waals surface area contributed by atoms with E-state index >= 15 is 0 Å². The Bertz CT molecular complexity index is 301. The van der Waals surface area contributed by atoms with Gasteiger partial charge in [-0.1, -0.05) is 25.7 Å². The molecule has 1 fully saturated rings. The first-order valence-electron chi connectivity index (χ1n) is 6.69. The number of carbonyl (C=O) groups is 2. The third-order valence-electron chi connectivity index (χ3n) is 3.25. The van der Waals surface area contributed by atoms with Crippen molar-refractivity contribution in [3.05, 3.63) is 0 Å². The molecule has 0 N–H and O–H groups in total. The molecule has 0 aliphatic heterocycles. The zero-order valence-electron chi connectivity index (χ0n) is 11.5. The lowest BCUT2D eigenvalue weighted by molar-refractivity contribution is -0.158. The highest BCUT2D eigenvalue weighted by Gasteiger charge is 2.29. The molecular weight excluding hydrogens is 235 g/mol. The lowest BCUT2D eigenvalue weighted by atomic mass is 9.91. The molecule has 0 unspecified atom stereocenters. The number of carbonyl (C=O) groups excluding carboxylic acids is 2. The van der Waals surface area contributed by atoms with Crippen molar-refractivity contribution >= 4 is 12.0 Å². The standard InChI is InChI=1S/C14H23FO3/c1-14(2,3)18-12(16)9-11(13(15)17)8-10-6-4-5-7-10/h10-11H,4-9H2,1-3H3/t11-/m1/s1. The topological polar surface area (TPSA) is 43.4 Å². The van der Waals surface area contributed by atoms with Crippen LogP contribution in [0.4, 0.5) is 4.39 Å². The summed E-state index contributed by atoms with van der Waals surface area (Å²) in [5, 5.41) is 0. The lowest BCUT2D eigenvalue weighted by Gasteiger charge is -2.21. The third kappa shape index (κ3) is 5.61. The maximum Gasteiger partial charge on any atom is 0.307 e. The van der Waals surface area contributed by atoms with Gasteiger partial charge in [-0.2, -0.15) is 4.39 Å². The van der Waals surface area contributed by atoms with Crippen LogP contribution in [0, 0.1) is 11.8 Å². The summed E-state index contributed by atoms with van der Waals surface area (Å²) in [7, 11) is 0. The number of ether oxygens (including phenoxy) is 1. The fraction of sp³-hybridized carbons (Fsp3) is 0.857. The molecule has 4 heteroatoms. The van der Waals surface area contributed by atoms with Gasteiger partial charge in [0.1, 0.15) is 5.60 Å². The van der Waals surface area contributed by atoms with E-state index in [1.807, 2.05) is 0 Å². The summed E-state index contributed by atoms with van der Waals surface area (Å²) in [6.07, 6.45) is 4.71. The first kappa shape index (κ1) is 15.1. The highest BCUT2D eigenvalue weighted by atomic mass is 19.1. The van der Waals surface area contributed by atoms with Gasteiger partial charge in [0.05, 0.1) is 12.3 Å². The highest BCUT2D eigenvalue weighted by molar-refractivity contribution is 5.79. The molecule has 0 saturated heterocycles. The van der Waals surface area contributed by atoms with Crippen molar-refractivity contribution in [2.75, 3.05) is 0 Å². The van der Waals surface area contributed by atoms with E-state index < -0.39 is 23.5 Å². The van der Waals surface area contributed by atoms with Crippen molar-refractivity contribution in [1.29, 1.82) is 0 Å². The van der Waals surface area contributed by atoms with Crippen LogP contribution in [0.2, 0.25) is 0 Å². The molecule has 0 amide bonds. The van der Waals surface area contributed by atoms with Gasteiger partial charge in [0.25, 0.3) is 0 Å². The summed E-state index contributed by atoms with van der Waals surface area (Å²) in [5.74, 6) is -0.920. The predicted octanol–water partition coefficient (Wildman–Crippen LogP) is 3.41. The largest absolute Gasteiger partial charge is 0.460 e. The Hall–Kier alpha value is -0.930. The second-order valence-electron chi connectivity index (χ2n) is 6.18. The van der Waals surface area contributed by atoms with Crippen LogP contribution in [0.1, 0.15) is 59.3 Å². The zero-order valence-corrected chi connectivity index (χ0v) is 11.5. The average molecular weight is 258 g/mol. The molecule has 1 saturated carbocycles. The SMILES string of the molecule is CC(C)(C)OC(=O)C[C@@H](CC1CCCC1)C(=O)F. The van der Waals surface area contributed by atoms with Gasteiger partial charge in [0, 0.05) is 0 Å². The maximum atomic E-state index is 13.0. The van der Waals surface area contributed by atoms with Crippen LogP contribution in [-0.4, -0.2) is 17.6 Å². The Labute approximate surface area is 108 Å². The lowest BCUT2D eigenvalue weighted by Crippen LogP contribution is -2.27. The average Bonchev–Trinajstić information content (AvgIpc) is 2.66. The second kappa shape index (κ2) is 6.30. The summed E-state index contributed by atoms with van der Waals surface area (Å²) in [5.41, 5.74) is -0.589. The summed E-state index contributed by atoms with van der Waals surface area (Å²) < 4.78 is 18.1. The molecule has 1 rings (SSSR count). The maximum absolute atomic E-state index is 13.0. The van der Waals surface area contributed by atoms with Crippen LogP contribution in [0.5, 0.6) is 0 Å². The number of halogens is 1. The monoisotopic (exact) mass is 258 g/mol. The fourth-order valence-electron chi connectivity index (χ4n) is 2.49. The van der Waals surface area contributed by atoms with E-state index in [1.54, 1.807) is 20.8 Å². The minimum absolute atomic E-state index is 0.136. The van der Waals surface area contributed by atoms with Gasteiger partial charge in [-0.05, 0) is 33.1 Å². The molecule has 0 aromatic heterocycles. The summed E-state index contributed by atoms with van der Waals surface area (Å²) >= 11 is 0. The first-order chi connectivity index (χ1) is 8.28. The Balaban J connectivity index is 2.46. The van der Waals surface area contributed by atoms with Crippen molar-refractivity contribution in [3.8, 4) is 0 Å². The van der Waals surface area contributed by atoms with Gasteiger partial charge < -0.3 is 4.74 Å². The molecule has 0 radical (unpaired) electrons. The third-order valence-corrected chi connectivity index (χ3v) is 3.25. The molecule has 0 spiro atoms. The molecule has 104 valence electrons. The smallest absolute Gasteiger partial charge is 0.307 e. The van der Waals surface area contributed by atoms with Crippen molar-refractivity contribution in [2.24, 2.45) is 11.8 Å². The summed E-state index contributed by atoms with van der Waals surface area (Å²) in [6, 6.07) is -1.38. The van der Waals surface area contributed by atoms with Gasteiger partial charge >= 0.3 is 12.0 Å². The summed E-state index contributed by atoms with van der Waals surface area (Å²) in [4.78, 5) is 22.6. The van der Waals surface area contributed by atoms with Gasteiger partial charge in [0.15, 0.2) is 0 Å². The van der Waals surface area contributed by atoms with Gasteiger partial charge in [-0.3, -0.25) is 9.59 Å². The molecule has 0 aromatic carbocycles. The molecule has 18 heavy (non-hydrogen) atoms.